The molecule has 2 heterocycles. The Labute approximate surface area is 253 Å². The Morgan fingerprint density at radius 2 is 1.48 bits per heavy atom. The van der Waals surface area contributed by atoms with Crippen LogP contribution in [0.25, 0.3) is 44.4 Å². The summed E-state index contributed by atoms with van der Waals surface area (Å²) in [6.45, 7) is -2.18. The molecule has 2 aliphatic rings. The Hall–Kier alpha value is -3.91. The maximum Gasteiger partial charge on any atom is 0.0280 e. The number of aryl methyl sites for hydroxylation is 5. The van der Waals surface area contributed by atoms with Crippen LogP contribution in [-0.4, -0.2) is 9.97 Å². The van der Waals surface area contributed by atoms with E-state index in [0.717, 1.165) is 59.0 Å². The van der Waals surface area contributed by atoms with E-state index in [-0.39, 0.29) is 20.1 Å². The van der Waals surface area contributed by atoms with Crippen LogP contribution in [0.5, 0.6) is 0 Å². The molecule has 1 radical (unpaired) electrons. The summed E-state index contributed by atoms with van der Waals surface area (Å²) < 4.78 is 23.6. The molecule has 4 aromatic carbocycles. The normalized spacial score (nSPS) is 13.9. The molecule has 8 rings (SSSR count). The summed E-state index contributed by atoms with van der Waals surface area (Å²) in [5.41, 5.74) is 12.5. The zero-order valence-electron chi connectivity index (χ0n) is 24.9. The first-order chi connectivity index (χ1) is 20.5. The van der Waals surface area contributed by atoms with Crippen molar-refractivity contribution in [2.75, 3.05) is 0 Å². The monoisotopic (exact) mass is 696 g/mol. The summed E-state index contributed by atoms with van der Waals surface area (Å²) in [6.07, 6.45) is 7.42. The van der Waals surface area contributed by atoms with Crippen LogP contribution in [0.1, 0.15) is 31.9 Å². The van der Waals surface area contributed by atoms with E-state index in [0.29, 0.717) is 5.56 Å². The van der Waals surface area contributed by atoms with E-state index in [1.165, 1.54) is 39.6 Å². The molecule has 0 aliphatic heterocycles. The van der Waals surface area contributed by atoms with Gasteiger partial charge in [0.05, 0.1) is 0 Å². The molecule has 0 N–H and O–H groups in total. The molecule has 0 amide bonds. The molecule has 0 spiro atoms. The third-order valence-corrected chi connectivity index (χ3v) is 7.72. The van der Waals surface area contributed by atoms with Gasteiger partial charge in [0, 0.05) is 36.6 Å². The van der Waals surface area contributed by atoms with Crippen molar-refractivity contribution < 1.29 is 24.2 Å². The molecule has 40 heavy (non-hydrogen) atoms. The molecule has 0 saturated carbocycles. The second kappa shape index (κ2) is 11.3. The molecule has 2 aliphatic carbocycles. The maximum atomic E-state index is 7.88. The third-order valence-electron chi connectivity index (χ3n) is 7.72. The first kappa shape index (κ1) is 22.9. The largest absolute Gasteiger partial charge is 0.305 e. The number of fused-ring (bicyclic) bond motifs is 1. The minimum atomic E-state index is -2.18. The summed E-state index contributed by atoms with van der Waals surface area (Å²) >= 11 is 0. The van der Waals surface area contributed by atoms with Crippen molar-refractivity contribution in [3.05, 3.63) is 143 Å². The minimum absolute atomic E-state index is 0. The quantitative estimate of drug-likeness (QED) is 0.170. The smallest absolute Gasteiger partial charge is 0.0280 e. The number of aromatic nitrogens is 2. The molecule has 3 heteroatoms. The zero-order valence-corrected chi connectivity index (χ0v) is 24.3. The van der Waals surface area contributed by atoms with Gasteiger partial charge in [0.1, 0.15) is 0 Å². The van der Waals surface area contributed by atoms with E-state index in [1.54, 1.807) is 6.20 Å². The van der Waals surface area contributed by atoms with Crippen LogP contribution in [0.3, 0.4) is 0 Å². The zero-order chi connectivity index (χ0) is 28.7. The van der Waals surface area contributed by atoms with Gasteiger partial charge < -0.3 is 9.97 Å². The maximum absolute atomic E-state index is 7.88. The fourth-order valence-electron chi connectivity index (χ4n) is 5.93. The van der Waals surface area contributed by atoms with E-state index in [2.05, 4.69) is 46.4 Å². The molecule has 197 valence electrons. The molecule has 0 saturated heterocycles. The average molecular weight is 696 g/mol. The van der Waals surface area contributed by atoms with E-state index in [9.17, 15) is 0 Å². The Morgan fingerprint density at radius 3 is 2.25 bits per heavy atom. The van der Waals surface area contributed by atoms with Gasteiger partial charge in [-0.1, -0.05) is 65.7 Å². The van der Waals surface area contributed by atoms with Gasteiger partial charge in [-0.2, -0.15) is 0 Å². The Kier molecular flexibility index (Phi) is 6.45. The van der Waals surface area contributed by atoms with Crippen LogP contribution < -0.4 is 0 Å². The van der Waals surface area contributed by atoms with Crippen LogP contribution in [0, 0.1) is 19.0 Å². The second-order valence-electron chi connectivity index (χ2n) is 10.1. The Balaban J connectivity index is 0.000000213. The Bertz CT molecular complexity index is 1830. The molecule has 2 aromatic heterocycles. The number of hydrogen-bond acceptors (Lipinski definition) is 2. The van der Waals surface area contributed by atoms with E-state index >= 15 is 0 Å². The number of benzene rings is 4. The van der Waals surface area contributed by atoms with Crippen molar-refractivity contribution in [3.8, 4) is 33.6 Å². The van der Waals surface area contributed by atoms with Crippen molar-refractivity contribution in [2.24, 2.45) is 0 Å². The molecule has 0 atom stereocenters. The molecule has 2 nitrogen and oxygen atoms in total. The van der Waals surface area contributed by atoms with Crippen LogP contribution >= 0.6 is 0 Å². The van der Waals surface area contributed by atoms with Crippen molar-refractivity contribution in [2.45, 2.75) is 32.5 Å². The van der Waals surface area contributed by atoms with E-state index in [4.69, 9.17) is 4.11 Å². The van der Waals surface area contributed by atoms with E-state index < -0.39 is 6.85 Å². The molecule has 0 bridgehead atoms. The van der Waals surface area contributed by atoms with Crippen LogP contribution in [0.15, 0.2) is 103 Å². The van der Waals surface area contributed by atoms with Crippen LogP contribution in [0.4, 0.5) is 0 Å². The van der Waals surface area contributed by atoms with Crippen LogP contribution in [0.2, 0.25) is 0 Å². The predicted octanol–water partition coefficient (Wildman–Crippen LogP) is 8.42. The van der Waals surface area contributed by atoms with Crippen molar-refractivity contribution >= 4 is 10.8 Å². The van der Waals surface area contributed by atoms with Crippen molar-refractivity contribution in [3.63, 3.8) is 0 Å². The summed E-state index contributed by atoms with van der Waals surface area (Å²) in [5, 5.41) is 1.62. The van der Waals surface area contributed by atoms with Gasteiger partial charge >= 0.3 is 0 Å². The van der Waals surface area contributed by atoms with Gasteiger partial charge in [-0.3, -0.25) is 0 Å². The number of nitrogens with zero attached hydrogens (tertiary/aromatic N) is 2. The van der Waals surface area contributed by atoms with Gasteiger partial charge in [-0.15, -0.1) is 64.7 Å². The first-order valence-corrected chi connectivity index (χ1v) is 13.4. The topological polar surface area (TPSA) is 25.8 Å². The Morgan fingerprint density at radius 1 is 0.700 bits per heavy atom. The van der Waals surface area contributed by atoms with Crippen LogP contribution in [-0.2, 0) is 45.8 Å². The first-order valence-electron chi connectivity index (χ1n) is 14.9. The van der Waals surface area contributed by atoms with Gasteiger partial charge in [0.25, 0.3) is 0 Å². The van der Waals surface area contributed by atoms with E-state index in [1.807, 2.05) is 66.7 Å². The number of rotatable bonds is 2. The summed E-state index contributed by atoms with van der Waals surface area (Å²) in [5.74, 6) is 0. The van der Waals surface area contributed by atoms with Gasteiger partial charge in [0.2, 0.25) is 0 Å². The fraction of sp³-hybridized carbons (Fsp3) is 0.135. The second-order valence-corrected chi connectivity index (χ2v) is 10.1. The third kappa shape index (κ3) is 4.81. The SMILES string of the molecule is [2H]C([2H])([2H])c1cnc(-c2[c-]c3c4c(c2)CCc2cccc(c2-4)CC3)c2ccccc12.[Ir].[c-]1ccccc1-c1ccccn1. The standard InChI is InChI=1S/C26H20N.C11H8N.Ir/c1-16-15-27-26(23-8-3-2-7-22(16)23)21-13-19-11-9-17-5-4-6-18-10-12-20(14-21)25(19)24(17)18;1-2-6-10(7-3-1)11-8-4-5-9-12-11;/h2-8,13,15H,9-12H2,1H3;1-6,8-9H;/q2*-1;/i1D3;;. The summed E-state index contributed by atoms with van der Waals surface area (Å²) in [7, 11) is 0. The molecule has 0 fully saturated rings. The summed E-state index contributed by atoms with van der Waals surface area (Å²) in [4.78, 5) is 8.85. The molecular formula is C37H28IrN2-2. The fourth-order valence-corrected chi connectivity index (χ4v) is 5.93. The average Bonchev–Trinajstić information content (AvgIpc) is 3.03. The predicted molar refractivity (Wildman–Crippen MR) is 160 cm³/mol. The number of hydrogen-bond donors (Lipinski definition) is 0. The van der Waals surface area contributed by atoms with Gasteiger partial charge in [0.15, 0.2) is 0 Å². The summed E-state index contributed by atoms with van der Waals surface area (Å²) in [6, 6.07) is 37.1. The molecular weight excluding hydrogens is 665 g/mol. The molecule has 6 aromatic rings. The van der Waals surface area contributed by atoms with Gasteiger partial charge in [-0.25, -0.2) is 0 Å². The number of pyridine rings is 2. The van der Waals surface area contributed by atoms with Crippen molar-refractivity contribution in [1.29, 1.82) is 0 Å². The minimum Gasteiger partial charge on any atom is -0.305 e. The van der Waals surface area contributed by atoms with Gasteiger partial charge in [-0.05, 0) is 77.5 Å². The van der Waals surface area contributed by atoms with Crippen molar-refractivity contribution in [1.82, 2.24) is 9.97 Å². The molecule has 0 unspecified atom stereocenters.